The average Bonchev–Trinajstić information content (AvgIpc) is 2.52. The summed E-state index contributed by atoms with van der Waals surface area (Å²) in [4.78, 5) is 12.0. The molecule has 0 saturated carbocycles. The highest BCUT2D eigenvalue weighted by atomic mass is 79.9. The number of rotatable bonds is 3. The van der Waals surface area contributed by atoms with Gasteiger partial charge >= 0.3 is 5.97 Å². The van der Waals surface area contributed by atoms with Crippen LogP contribution in [0.1, 0.15) is 21.5 Å². The molecule has 3 heteroatoms. The first kappa shape index (κ1) is 15.1. The van der Waals surface area contributed by atoms with Crippen molar-refractivity contribution in [2.45, 2.75) is 0 Å². The maximum Gasteiger partial charge on any atom is 0.339 e. The molecule has 0 aliphatic heterocycles. The predicted molar refractivity (Wildman–Crippen MR) is 87.0 cm³/mol. The molecular formula is C18H13BrO2. The molecule has 0 aliphatic carbocycles. The molecule has 0 radical (unpaired) electrons. The normalized spacial score (nSPS) is 9.38. The Hall–Kier alpha value is -2.31. The lowest BCUT2D eigenvalue weighted by Gasteiger charge is -2.05. The summed E-state index contributed by atoms with van der Waals surface area (Å²) in [6.45, 7) is 3.71. The van der Waals surface area contributed by atoms with Crippen LogP contribution in [0.25, 0.3) is 0 Å². The van der Waals surface area contributed by atoms with Crippen molar-refractivity contribution in [2.75, 3.05) is 6.61 Å². The van der Waals surface area contributed by atoms with E-state index in [1.807, 2.05) is 36.4 Å². The number of carbonyl (C=O) groups is 1. The highest BCUT2D eigenvalue weighted by Crippen LogP contribution is 2.17. The van der Waals surface area contributed by atoms with Crippen molar-refractivity contribution in [1.29, 1.82) is 0 Å². The van der Waals surface area contributed by atoms with Crippen LogP contribution in [0.4, 0.5) is 0 Å². The predicted octanol–water partition coefficient (Wildman–Crippen LogP) is 4.19. The zero-order chi connectivity index (χ0) is 15.1. The highest BCUT2D eigenvalue weighted by molar-refractivity contribution is 9.10. The number of benzene rings is 2. The SMILES string of the molecule is C=CCOC(=O)c1cc(Br)ccc1C#Cc1ccccc1. The summed E-state index contributed by atoms with van der Waals surface area (Å²) in [5, 5.41) is 0. The van der Waals surface area contributed by atoms with Crippen molar-refractivity contribution in [1.82, 2.24) is 0 Å². The minimum atomic E-state index is -0.409. The van der Waals surface area contributed by atoms with E-state index in [1.54, 1.807) is 12.1 Å². The summed E-state index contributed by atoms with van der Waals surface area (Å²) in [5.74, 6) is 5.65. The lowest BCUT2D eigenvalue weighted by atomic mass is 10.1. The smallest absolute Gasteiger partial charge is 0.339 e. The molecule has 0 N–H and O–H groups in total. The first-order chi connectivity index (χ1) is 10.2. The second-order valence-corrected chi connectivity index (χ2v) is 5.11. The molecule has 2 aromatic rings. The number of halogens is 1. The van der Waals surface area contributed by atoms with Crippen LogP contribution in [-0.2, 0) is 4.74 Å². The Labute approximate surface area is 132 Å². The molecule has 0 aromatic heterocycles. The number of esters is 1. The molecule has 2 nitrogen and oxygen atoms in total. The van der Waals surface area contributed by atoms with Gasteiger partial charge < -0.3 is 4.74 Å². The largest absolute Gasteiger partial charge is 0.458 e. The van der Waals surface area contributed by atoms with Gasteiger partial charge in [-0.1, -0.05) is 58.6 Å². The number of ether oxygens (including phenoxy) is 1. The molecule has 21 heavy (non-hydrogen) atoms. The van der Waals surface area contributed by atoms with Gasteiger partial charge in [-0.2, -0.15) is 0 Å². The maximum atomic E-state index is 12.0. The second kappa shape index (κ2) is 7.47. The number of carbonyl (C=O) groups excluding carboxylic acids is 1. The first-order valence-electron chi connectivity index (χ1n) is 6.35. The fourth-order valence-electron chi connectivity index (χ4n) is 1.67. The monoisotopic (exact) mass is 340 g/mol. The van der Waals surface area contributed by atoms with E-state index in [9.17, 15) is 4.79 Å². The van der Waals surface area contributed by atoms with Gasteiger partial charge in [0, 0.05) is 15.6 Å². The van der Waals surface area contributed by atoms with Crippen molar-refractivity contribution < 1.29 is 9.53 Å². The zero-order valence-corrected chi connectivity index (χ0v) is 12.9. The van der Waals surface area contributed by atoms with Crippen LogP contribution >= 0.6 is 15.9 Å². The van der Waals surface area contributed by atoms with E-state index in [1.165, 1.54) is 6.08 Å². The molecule has 0 amide bonds. The lowest BCUT2D eigenvalue weighted by molar-refractivity contribution is 0.0549. The van der Waals surface area contributed by atoms with Crippen LogP contribution in [-0.4, -0.2) is 12.6 Å². The third-order valence-corrected chi connectivity index (χ3v) is 3.14. The van der Waals surface area contributed by atoms with E-state index in [0.29, 0.717) is 11.1 Å². The van der Waals surface area contributed by atoms with Crippen LogP contribution in [0, 0.1) is 11.8 Å². The summed E-state index contributed by atoms with van der Waals surface area (Å²) in [6, 6.07) is 15.0. The van der Waals surface area contributed by atoms with E-state index in [2.05, 4.69) is 34.3 Å². The Morgan fingerprint density at radius 3 is 2.67 bits per heavy atom. The molecule has 0 unspecified atom stereocenters. The summed E-state index contributed by atoms with van der Waals surface area (Å²) >= 11 is 3.35. The molecule has 0 fully saturated rings. The third-order valence-electron chi connectivity index (χ3n) is 2.65. The molecule has 0 saturated heterocycles. The van der Waals surface area contributed by atoms with Crippen molar-refractivity contribution >= 4 is 21.9 Å². The van der Waals surface area contributed by atoms with Crippen LogP contribution in [0.2, 0.25) is 0 Å². The minimum absolute atomic E-state index is 0.177. The summed E-state index contributed by atoms with van der Waals surface area (Å²) in [6.07, 6.45) is 1.53. The average molecular weight is 341 g/mol. The Morgan fingerprint density at radius 2 is 1.95 bits per heavy atom. The van der Waals surface area contributed by atoms with Crippen LogP contribution in [0.3, 0.4) is 0 Å². The van der Waals surface area contributed by atoms with Crippen LogP contribution < -0.4 is 0 Å². The molecule has 2 aromatic carbocycles. The molecule has 0 bridgehead atoms. The summed E-state index contributed by atoms with van der Waals surface area (Å²) in [7, 11) is 0. The topological polar surface area (TPSA) is 26.3 Å². The Morgan fingerprint density at radius 1 is 1.19 bits per heavy atom. The van der Waals surface area contributed by atoms with Gasteiger partial charge in [-0.3, -0.25) is 0 Å². The lowest BCUT2D eigenvalue weighted by Crippen LogP contribution is -2.07. The fourth-order valence-corrected chi connectivity index (χ4v) is 2.03. The molecule has 104 valence electrons. The minimum Gasteiger partial charge on any atom is -0.458 e. The van der Waals surface area contributed by atoms with Gasteiger partial charge in [0.15, 0.2) is 0 Å². The van der Waals surface area contributed by atoms with Gasteiger partial charge in [0.05, 0.1) is 5.56 Å². The van der Waals surface area contributed by atoms with Gasteiger partial charge in [-0.15, -0.1) is 0 Å². The van der Waals surface area contributed by atoms with Crippen molar-refractivity contribution in [3.63, 3.8) is 0 Å². The number of hydrogen-bond acceptors (Lipinski definition) is 2. The second-order valence-electron chi connectivity index (χ2n) is 4.19. The first-order valence-corrected chi connectivity index (χ1v) is 7.14. The van der Waals surface area contributed by atoms with Gasteiger partial charge in [-0.05, 0) is 30.3 Å². The molecule has 0 aliphatic rings. The Bertz CT molecular complexity index is 709. The third kappa shape index (κ3) is 4.34. The number of hydrogen-bond donors (Lipinski definition) is 0. The molecule has 0 spiro atoms. The van der Waals surface area contributed by atoms with E-state index < -0.39 is 5.97 Å². The van der Waals surface area contributed by atoms with Gasteiger partial charge in [-0.25, -0.2) is 4.79 Å². The fraction of sp³-hybridized carbons (Fsp3) is 0.0556. The summed E-state index contributed by atoms with van der Waals surface area (Å²) < 4.78 is 5.88. The van der Waals surface area contributed by atoms with E-state index in [-0.39, 0.29) is 6.61 Å². The summed E-state index contributed by atoms with van der Waals surface area (Å²) in [5.41, 5.74) is 1.97. The van der Waals surface area contributed by atoms with Crippen molar-refractivity contribution in [3.05, 3.63) is 82.3 Å². The van der Waals surface area contributed by atoms with Crippen molar-refractivity contribution in [2.24, 2.45) is 0 Å². The maximum absolute atomic E-state index is 12.0. The molecular weight excluding hydrogens is 328 g/mol. The molecule has 0 atom stereocenters. The van der Waals surface area contributed by atoms with Gasteiger partial charge in [0.25, 0.3) is 0 Å². The quantitative estimate of drug-likeness (QED) is 0.475. The van der Waals surface area contributed by atoms with E-state index in [4.69, 9.17) is 4.74 Å². The van der Waals surface area contributed by atoms with E-state index in [0.717, 1.165) is 10.0 Å². The Balaban J connectivity index is 2.33. The van der Waals surface area contributed by atoms with Gasteiger partial charge in [0.2, 0.25) is 0 Å². The van der Waals surface area contributed by atoms with E-state index >= 15 is 0 Å². The van der Waals surface area contributed by atoms with Crippen LogP contribution in [0.5, 0.6) is 0 Å². The standard InChI is InChI=1S/C18H13BrO2/c1-2-12-21-18(20)17-13-16(19)11-10-15(17)9-8-14-6-4-3-5-7-14/h2-7,10-11,13H,1,12H2. The zero-order valence-electron chi connectivity index (χ0n) is 11.3. The van der Waals surface area contributed by atoms with Crippen LogP contribution in [0.15, 0.2) is 65.7 Å². The Kier molecular flexibility index (Phi) is 5.36. The molecule has 0 heterocycles. The molecule has 2 rings (SSSR count). The van der Waals surface area contributed by atoms with Gasteiger partial charge in [0.1, 0.15) is 6.61 Å². The highest BCUT2D eigenvalue weighted by Gasteiger charge is 2.11. The van der Waals surface area contributed by atoms with Crippen molar-refractivity contribution in [3.8, 4) is 11.8 Å².